The van der Waals surface area contributed by atoms with Crippen LogP contribution in [0.15, 0.2) is 36.9 Å². The van der Waals surface area contributed by atoms with E-state index in [-0.39, 0.29) is 19.0 Å². The van der Waals surface area contributed by atoms with E-state index in [0.29, 0.717) is 29.2 Å². The van der Waals surface area contributed by atoms with Crippen molar-refractivity contribution >= 4 is 22.8 Å². The number of fused-ring (bicyclic) bond motifs is 2. The van der Waals surface area contributed by atoms with Crippen LogP contribution >= 0.6 is 0 Å². The van der Waals surface area contributed by atoms with E-state index in [2.05, 4.69) is 25.3 Å². The maximum atomic E-state index is 14.3. The van der Waals surface area contributed by atoms with Gasteiger partial charge in [0.05, 0.1) is 5.56 Å². The molecule has 178 valence electrons. The van der Waals surface area contributed by atoms with Gasteiger partial charge in [0.15, 0.2) is 5.65 Å². The van der Waals surface area contributed by atoms with Crippen molar-refractivity contribution in [3.05, 3.63) is 48.3 Å². The summed E-state index contributed by atoms with van der Waals surface area (Å²) in [4.78, 5) is 37.5. The molecular weight excluding hydrogens is 447 g/mol. The predicted molar refractivity (Wildman–Crippen MR) is 129 cm³/mol. The normalized spacial score (nSPS) is 21.1. The van der Waals surface area contributed by atoms with Crippen LogP contribution in [0.2, 0.25) is 0 Å². The number of aryl methyl sites for hydroxylation is 2. The van der Waals surface area contributed by atoms with Crippen LogP contribution in [-0.4, -0.2) is 59.1 Å². The third kappa shape index (κ3) is 3.16. The Morgan fingerprint density at radius 1 is 1.09 bits per heavy atom. The molecule has 1 amide bonds. The number of amides is 1. The zero-order valence-corrected chi connectivity index (χ0v) is 20.0. The number of benzene rings is 1. The number of carbonyl (C=O) groups is 1. The van der Waals surface area contributed by atoms with Gasteiger partial charge in [-0.1, -0.05) is 6.07 Å². The smallest absolute Gasteiger partial charge is 0.249 e. The van der Waals surface area contributed by atoms with Gasteiger partial charge in [0.2, 0.25) is 5.91 Å². The Bertz CT molecular complexity index is 1490. The molecule has 0 aliphatic carbocycles. The highest BCUT2D eigenvalue weighted by Gasteiger charge is 2.55. The van der Waals surface area contributed by atoms with Crippen LogP contribution in [0.25, 0.3) is 33.8 Å². The van der Waals surface area contributed by atoms with Gasteiger partial charge in [0.1, 0.15) is 40.4 Å². The fourth-order valence-electron chi connectivity index (χ4n) is 5.13. The number of alkyl halides is 1. The zero-order valence-electron chi connectivity index (χ0n) is 20.0. The van der Waals surface area contributed by atoms with Crippen LogP contribution in [0.1, 0.15) is 32.2 Å². The lowest BCUT2D eigenvalue weighted by molar-refractivity contribution is -0.139. The van der Waals surface area contributed by atoms with E-state index in [0.717, 1.165) is 28.2 Å². The Hall–Kier alpha value is -3.79. The summed E-state index contributed by atoms with van der Waals surface area (Å²) in [7, 11) is 0. The largest absolute Gasteiger partial charge is 0.324 e. The van der Waals surface area contributed by atoms with Gasteiger partial charge in [-0.25, -0.2) is 29.3 Å². The summed E-state index contributed by atoms with van der Waals surface area (Å²) in [5, 5.41) is 2.96. The molecule has 4 aromatic rings. The van der Waals surface area contributed by atoms with E-state index in [1.807, 2.05) is 48.4 Å². The summed E-state index contributed by atoms with van der Waals surface area (Å²) in [6, 6.07) is 5.76. The zero-order chi connectivity index (χ0) is 24.5. The van der Waals surface area contributed by atoms with E-state index in [4.69, 9.17) is 4.98 Å². The Kier molecular flexibility index (Phi) is 4.56. The highest BCUT2D eigenvalue weighted by atomic mass is 19.1. The van der Waals surface area contributed by atoms with E-state index in [1.54, 1.807) is 19.3 Å². The van der Waals surface area contributed by atoms with Gasteiger partial charge in [0.25, 0.3) is 0 Å². The SMILES string of the molecule is CCn1c(-c2cnc(C)nc2)nc2c(-c3ccc4c(c3)[C@@](C)(N3CC(C)(F)C3)C(=O)N4)ncnc21. The van der Waals surface area contributed by atoms with Crippen molar-refractivity contribution in [1.82, 2.24) is 34.4 Å². The molecule has 1 saturated heterocycles. The van der Waals surface area contributed by atoms with Crippen molar-refractivity contribution in [1.29, 1.82) is 0 Å². The standard InChI is InChI=1S/C25H25FN8O/c1-5-34-21(16-9-27-14(2)28-10-16)32-20-19(29-13-30-22(20)34)15-6-7-18-17(8-15)25(4,23(35)31-18)33-11-24(3,26)12-33/h6-10,13H,5,11-12H2,1-4H3,(H,31,35)/t25-/m1/s1. The number of hydrogen-bond donors (Lipinski definition) is 1. The van der Waals surface area contributed by atoms with Crippen molar-refractivity contribution in [2.75, 3.05) is 18.4 Å². The quantitative estimate of drug-likeness (QED) is 0.485. The van der Waals surface area contributed by atoms with Crippen LogP contribution in [0, 0.1) is 6.92 Å². The van der Waals surface area contributed by atoms with Crippen molar-refractivity contribution in [2.24, 2.45) is 0 Å². The van der Waals surface area contributed by atoms with Crippen LogP contribution in [0.4, 0.5) is 10.1 Å². The second-order valence-corrected chi connectivity index (χ2v) is 9.65. The third-order valence-electron chi connectivity index (χ3n) is 7.07. The minimum absolute atomic E-state index is 0.148. The van der Waals surface area contributed by atoms with Gasteiger partial charge in [-0.2, -0.15) is 0 Å². The summed E-state index contributed by atoms with van der Waals surface area (Å²) in [5.41, 5.74) is 2.95. The summed E-state index contributed by atoms with van der Waals surface area (Å²) >= 11 is 0. The van der Waals surface area contributed by atoms with E-state index in [1.165, 1.54) is 6.33 Å². The highest BCUT2D eigenvalue weighted by molar-refractivity contribution is 6.06. The minimum atomic E-state index is -1.29. The molecule has 9 nitrogen and oxygen atoms in total. The molecule has 2 aliphatic heterocycles. The lowest BCUT2D eigenvalue weighted by Crippen LogP contribution is -2.65. The van der Waals surface area contributed by atoms with Crippen molar-refractivity contribution < 1.29 is 9.18 Å². The molecule has 6 rings (SSSR count). The van der Waals surface area contributed by atoms with Gasteiger partial charge in [-0.05, 0) is 39.8 Å². The summed E-state index contributed by atoms with van der Waals surface area (Å²) < 4.78 is 16.3. The van der Waals surface area contributed by atoms with Crippen molar-refractivity contribution in [3.63, 3.8) is 0 Å². The Balaban J connectivity index is 1.49. The molecule has 2 aliphatic rings. The molecule has 0 radical (unpaired) electrons. The number of rotatable bonds is 4. The second kappa shape index (κ2) is 7.35. The fourth-order valence-corrected chi connectivity index (χ4v) is 5.13. The predicted octanol–water partition coefficient (Wildman–Crippen LogP) is 3.49. The first-order valence-corrected chi connectivity index (χ1v) is 11.6. The van der Waals surface area contributed by atoms with Crippen LogP contribution in [0.3, 0.4) is 0 Å². The first-order chi connectivity index (χ1) is 16.7. The number of anilines is 1. The molecule has 1 atom stereocenters. The molecular formula is C25H25FN8O. The number of hydrogen-bond acceptors (Lipinski definition) is 7. The summed E-state index contributed by atoms with van der Waals surface area (Å²) in [5.74, 6) is 1.26. The Morgan fingerprint density at radius 3 is 2.51 bits per heavy atom. The molecule has 5 heterocycles. The fraction of sp³-hybridized carbons (Fsp3) is 0.360. The molecule has 35 heavy (non-hydrogen) atoms. The number of carbonyl (C=O) groups excluding carboxylic acids is 1. The van der Waals surface area contributed by atoms with Crippen LogP contribution in [-0.2, 0) is 16.9 Å². The average molecular weight is 473 g/mol. The highest BCUT2D eigenvalue weighted by Crippen LogP contribution is 2.46. The van der Waals surface area contributed by atoms with E-state index >= 15 is 0 Å². The molecule has 1 aromatic carbocycles. The second-order valence-electron chi connectivity index (χ2n) is 9.65. The molecule has 0 bridgehead atoms. The van der Waals surface area contributed by atoms with Gasteiger partial charge < -0.3 is 9.88 Å². The number of nitrogens with zero attached hydrogens (tertiary/aromatic N) is 7. The number of likely N-dealkylation sites (tertiary alicyclic amines) is 1. The molecule has 0 saturated carbocycles. The van der Waals surface area contributed by atoms with Gasteiger partial charge in [-0.3, -0.25) is 9.69 Å². The molecule has 3 aromatic heterocycles. The first kappa shape index (κ1) is 21.7. The lowest BCUT2D eigenvalue weighted by atomic mass is 9.84. The Morgan fingerprint density at radius 2 is 1.83 bits per heavy atom. The first-order valence-electron chi connectivity index (χ1n) is 11.6. The number of nitrogens with one attached hydrogen (secondary N) is 1. The molecule has 1 N–H and O–H groups in total. The lowest BCUT2D eigenvalue weighted by Gasteiger charge is -2.50. The summed E-state index contributed by atoms with van der Waals surface area (Å²) in [6.07, 6.45) is 5.04. The van der Waals surface area contributed by atoms with Crippen LogP contribution < -0.4 is 5.32 Å². The third-order valence-corrected chi connectivity index (χ3v) is 7.07. The summed E-state index contributed by atoms with van der Waals surface area (Å²) in [6.45, 7) is 8.37. The molecule has 0 unspecified atom stereocenters. The number of imidazole rings is 1. The van der Waals surface area contributed by atoms with E-state index in [9.17, 15) is 9.18 Å². The molecule has 1 fully saturated rings. The maximum absolute atomic E-state index is 14.3. The van der Waals surface area contributed by atoms with E-state index < -0.39 is 11.2 Å². The average Bonchev–Trinajstić information content (AvgIpc) is 3.32. The van der Waals surface area contributed by atoms with Gasteiger partial charge >= 0.3 is 0 Å². The minimum Gasteiger partial charge on any atom is -0.324 e. The van der Waals surface area contributed by atoms with Gasteiger partial charge in [-0.15, -0.1) is 0 Å². The van der Waals surface area contributed by atoms with Crippen molar-refractivity contribution in [2.45, 2.75) is 45.4 Å². The van der Waals surface area contributed by atoms with Crippen LogP contribution in [0.5, 0.6) is 0 Å². The Labute approximate surface area is 201 Å². The molecule has 0 spiro atoms. The van der Waals surface area contributed by atoms with Crippen molar-refractivity contribution in [3.8, 4) is 22.6 Å². The monoisotopic (exact) mass is 472 g/mol. The maximum Gasteiger partial charge on any atom is 0.249 e. The van der Waals surface area contributed by atoms with Gasteiger partial charge in [0, 0.05) is 48.8 Å². The number of halogens is 1. The topological polar surface area (TPSA) is 102 Å². The molecule has 10 heteroatoms. The number of aromatic nitrogens is 6.